The summed E-state index contributed by atoms with van der Waals surface area (Å²) in [6, 6.07) is 0. The van der Waals surface area contributed by atoms with E-state index in [2.05, 4.69) is 19.6 Å². The van der Waals surface area contributed by atoms with Gasteiger partial charge in [-0.05, 0) is 25.7 Å². The second kappa shape index (κ2) is 6.87. The van der Waals surface area contributed by atoms with Crippen molar-refractivity contribution in [1.82, 2.24) is 4.90 Å². The van der Waals surface area contributed by atoms with Crippen LogP contribution in [-0.4, -0.2) is 23.3 Å². The second-order valence-electron chi connectivity index (χ2n) is 5.90. The number of fused-ring (bicyclic) bond motifs is 1. The zero-order valence-corrected chi connectivity index (χ0v) is 12.4. The molecule has 2 amide bonds. The maximum absolute atomic E-state index is 12.3. The van der Waals surface area contributed by atoms with Gasteiger partial charge in [-0.2, -0.15) is 0 Å². The van der Waals surface area contributed by atoms with Crippen molar-refractivity contribution in [3.8, 4) is 0 Å². The van der Waals surface area contributed by atoms with Gasteiger partial charge in [-0.15, -0.1) is 6.58 Å². The van der Waals surface area contributed by atoms with Crippen molar-refractivity contribution in [3.05, 3.63) is 24.3 Å². The number of hydrogen-bond acceptors (Lipinski definition) is 2. The van der Waals surface area contributed by atoms with E-state index in [1.807, 2.05) is 0 Å². The van der Waals surface area contributed by atoms with Crippen LogP contribution < -0.4 is 0 Å². The predicted molar refractivity (Wildman–Crippen MR) is 80.0 cm³/mol. The highest BCUT2D eigenvalue weighted by atomic mass is 16.2. The lowest BCUT2D eigenvalue weighted by atomic mass is 9.80. The van der Waals surface area contributed by atoms with E-state index in [1.54, 1.807) is 6.08 Å². The second-order valence-corrected chi connectivity index (χ2v) is 5.90. The normalized spacial score (nSPS) is 25.6. The average Bonchev–Trinajstić information content (AvgIpc) is 2.69. The Kier molecular flexibility index (Phi) is 5.16. The van der Waals surface area contributed by atoms with Crippen LogP contribution in [-0.2, 0) is 9.59 Å². The minimum absolute atomic E-state index is 0.00110. The van der Waals surface area contributed by atoms with Gasteiger partial charge in [0.25, 0.3) is 0 Å². The van der Waals surface area contributed by atoms with Crippen molar-refractivity contribution in [2.75, 3.05) is 6.54 Å². The molecule has 3 nitrogen and oxygen atoms in total. The van der Waals surface area contributed by atoms with Gasteiger partial charge >= 0.3 is 0 Å². The fourth-order valence-corrected chi connectivity index (χ4v) is 3.30. The van der Waals surface area contributed by atoms with Crippen LogP contribution in [0.1, 0.15) is 51.9 Å². The molecule has 1 fully saturated rings. The Morgan fingerprint density at radius 1 is 1.25 bits per heavy atom. The van der Waals surface area contributed by atoms with E-state index in [4.69, 9.17) is 0 Å². The Balaban J connectivity index is 1.93. The maximum atomic E-state index is 12.3. The highest BCUT2D eigenvalue weighted by Crippen LogP contribution is 2.39. The van der Waals surface area contributed by atoms with Crippen LogP contribution >= 0.6 is 0 Å². The molecule has 2 atom stereocenters. The number of carbonyl (C=O) groups excluding carboxylic acids is 2. The van der Waals surface area contributed by atoms with Crippen molar-refractivity contribution >= 4 is 11.8 Å². The fourth-order valence-electron chi connectivity index (χ4n) is 3.30. The highest BCUT2D eigenvalue weighted by Gasteiger charge is 2.47. The van der Waals surface area contributed by atoms with E-state index >= 15 is 0 Å². The lowest BCUT2D eigenvalue weighted by Crippen LogP contribution is -2.31. The molecule has 1 aliphatic carbocycles. The third kappa shape index (κ3) is 3.02. The summed E-state index contributed by atoms with van der Waals surface area (Å²) in [4.78, 5) is 25.9. The smallest absolute Gasteiger partial charge is 0.233 e. The number of nitrogens with zero attached hydrogens (tertiary/aromatic N) is 1. The number of imide groups is 1. The Hall–Kier alpha value is -1.38. The summed E-state index contributed by atoms with van der Waals surface area (Å²) >= 11 is 0. The van der Waals surface area contributed by atoms with Crippen molar-refractivity contribution in [3.63, 3.8) is 0 Å². The fraction of sp³-hybridized carbons (Fsp3) is 0.647. The van der Waals surface area contributed by atoms with E-state index in [0.717, 1.165) is 19.3 Å². The maximum Gasteiger partial charge on any atom is 0.233 e. The number of rotatable bonds is 7. The molecule has 0 aromatic rings. The van der Waals surface area contributed by atoms with E-state index in [0.29, 0.717) is 6.54 Å². The lowest BCUT2D eigenvalue weighted by Gasteiger charge is -2.21. The van der Waals surface area contributed by atoms with E-state index in [-0.39, 0.29) is 23.7 Å². The van der Waals surface area contributed by atoms with Crippen LogP contribution in [0.2, 0.25) is 0 Å². The summed E-state index contributed by atoms with van der Waals surface area (Å²) in [5, 5.41) is 0. The molecule has 0 bridgehead atoms. The van der Waals surface area contributed by atoms with Crippen LogP contribution in [0.25, 0.3) is 0 Å². The molecule has 1 saturated heterocycles. The summed E-state index contributed by atoms with van der Waals surface area (Å²) in [5.41, 5.74) is 1.38. The van der Waals surface area contributed by atoms with Crippen LogP contribution in [0.5, 0.6) is 0 Å². The van der Waals surface area contributed by atoms with Gasteiger partial charge in [0.2, 0.25) is 11.8 Å². The van der Waals surface area contributed by atoms with E-state index in [1.165, 1.54) is 36.2 Å². The number of likely N-dealkylation sites (tertiary alicyclic amines) is 1. The zero-order chi connectivity index (χ0) is 14.5. The molecule has 0 N–H and O–H groups in total. The summed E-state index contributed by atoms with van der Waals surface area (Å²) in [5.74, 6) is -0.198. The SMILES string of the molecule is C=CCN1C(=O)C2CC=C(CCCCCC)CC2C1=O. The van der Waals surface area contributed by atoms with Gasteiger partial charge in [-0.1, -0.05) is 43.9 Å². The van der Waals surface area contributed by atoms with Crippen LogP contribution in [0, 0.1) is 11.8 Å². The number of allylic oxidation sites excluding steroid dienone is 2. The molecule has 2 unspecified atom stereocenters. The molecule has 3 heteroatoms. The molecule has 0 radical (unpaired) electrons. The third-order valence-corrected chi connectivity index (χ3v) is 4.46. The van der Waals surface area contributed by atoms with Gasteiger partial charge in [0.15, 0.2) is 0 Å². The number of amides is 2. The Labute approximate surface area is 121 Å². The molecular weight excluding hydrogens is 250 g/mol. The molecule has 1 aliphatic heterocycles. The van der Waals surface area contributed by atoms with E-state index in [9.17, 15) is 9.59 Å². The predicted octanol–water partition coefficient (Wildman–Crippen LogP) is 3.46. The first-order chi connectivity index (χ1) is 9.69. The van der Waals surface area contributed by atoms with Crippen LogP contribution in [0.15, 0.2) is 24.3 Å². The number of hydrogen-bond donors (Lipinski definition) is 0. The first-order valence-electron chi connectivity index (χ1n) is 7.83. The van der Waals surface area contributed by atoms with E-state index < -0.39 is 0 Å². The minimum atomic E-state index is -0.109. The minimum Gasteiger partial charge on any atom is -0.278 e. The third-order valence-electron chi connectivity index (χ3n) is 4.46. The average molecular weight is 275 g/mol. The molecule has 0 spiro atoms. The number of unbranched alkanes of at least 4 members (excludes halogenated alkanes) is 3. The Bertz CT molecular complexity index is 425. The molecule has 110 valence electrons. The first-order valence-corrected chi connectivity index (χ1v) is 7.83. The standard InChI is InChI=1S/C17H25NO2/c1-3-5-6-7-8-13-9-10-14-15(12-13)17(20)18(11-4-2)16(14)19/h4,9,14-15H,2-3,5-8,10-12H2,1H3. The molecule has 0 aromatic carbocycles. The van der Waals surface area contributed by atoms with Crippen LogP contribution in [0.4, 0.5) is 0 Å². The van der Waals surface area contributed by atoms with Crippen LogP contribution in [0.3, 0.4) is 0 Å². The molecule has 0 aromatic heterocycles. The van der Waals surface area contributed by atoms with Crippen molar-refractivity contribution in [2.45, 2.75) is 51.9 Å². The van der Waals surface area contributed by atoms with Crippen molar-refractivity contribution in [1.29, 1.82) is 0 Å². The monoisotopic (exact) mass is 275 g/mol. The Morgan fingerprint density at radius 3 is 2.70 bits per heavy atom. The molecule has 2 aliphatic rings. The molecule has 1 heterocycles. The van der Waals surface area contributed by atoms with Gasteiger partial charge < -0.3 is 0 Å². The molecule has 2 rings (SSSR count). The van der Waals surface area contributed by atoms with Gasteiger partial charge in [0.1, 0.15) is 0 Å². The summed E-state index contributed by atoms with van der Waals surface area (Å²) in [6.07, 6.45) is 11.4. The summed E-state index contributed by atoms with van der Waals surface area (Å²) in [7, 11) is 0. The lowest BCUT2D eigenvalue weighted by molar-refractivity contribution is -0.139. The Morgan fingerprint density at radius 2 is 2.00 bits per heavy atom. The first kappa shape index (κ1) is 15.0. The molecule has 0 saturated carbocycles. The zero-order valence-electron chi connectivity index (χ0n) is 12.4. The summed E-state index contributed by atoms with van der Waals surface area (Å²) < 4.78 is 0. The topological polar surface area (TPSA) is 37.4 Å². The van der Waals surface area contributed by atoms with Gasteiger partial charge in [-0.25, -0.2) is 0 Å². The number of carbonyl (C=O) groups is 2. The quantitative estimate of drug-likeness (QED) is 0.405. The summed E-state index contributed by atoms with van der Waals surface area (Å²) in [6.45, 7) is 6.19. The van der Waals surface area contributed by atoms with Crippen molar-refractivity contribution in [2.24, 2.45) is 11.8 Å². The van der Waals surface area contributed by atoms with Gasteiger partial charge in [0, 0.05) is 6.54 Å². The molecule has 20 heavy (non-hydrogen) atoms. The highest BCUT2D eigenvalue weighted by molar-refractivity contribution is 6.05. The van der Waals surface area contributed by atoms with Gasteiger partial charge in [-0.3, -0.25) is 14.5 Å². The van der Waals surface area contributed by atoms with Crippen molar-refractivity contribution < 1.29 is 9.59 Å². The molecular formula is C17H25NO2. The largest absolute Gasteiger partial charge is 0.278 e. The van der Waals surface area contributed by atoms with Gasteiger partial charge in [0.05, 0.1) is 11.8 Å².